The normalized spacial score (nSPS) is 14.5. The number of hydrogen-bond acceptors (Lipinski definition) is 2. The SMILES string of the molecule is N[C@@H](CC(F)(F)F)c1ccc(Cl)s1. The lowest BCUT2D eigenvalue weighted by atomic mass is 10.2. The highest BCUT2D eigenvalue weighted by molar-refractivity contribution is 7.16. The summed E-state index contributed by atoms with van der Waals surface area (Å²) in [6, 6.07) is 2.05. The summed E-state index contributed by atoms with van der Waals surface area (Å²) < 4.78 is 36.1. The number of alkyl halides is 3. The zero-order valence-electron chi connectivity index (χ0n) is 6.44. The number of thiophene rings is 1. The summed E-state index contributed by atoms with van der Waals surface area (Å²) in [7, 11) is 0. The smallest absolute Gasteiger partial charge is 0.323 e. The van der Waals surface area contributed by atoms with E-state index in [2.05, 4.69) is 0 Å². The fraction of sp³-hybridized carbons (Fsp3) is 0.429. The van der Waals surface area contributed by atoms with E-state index in [1.54, 1.807) is 0 Å². The first kappa shape index (κ1) is 10.8. The quantitative estimate of drug-likeness (QED) is 0.827. The molecule has 1 aromatic rings. The first-order valence-electron chi connectivity index (χ1n) is 3.46. The van der Waals surface area contributed by atoms with Gasteiger partial charge in [-0.2, -0.15) is 13.2 Å². The zero-order valence-corrected chi connectivity index (χ0v) is 8.01. The molecule has 1 atom stereocenters. The maximum Gasteiger partial charge on any atom is 0.390 e. The van der Waals surface area contributed by atoms with Gasteiger partial charge in [-0.1, -0.05) is 11.6 Å². The third-order valence-electron chi connectivity index (χ3n) is 1.41. The number of rotatable bonds is 2. The molecule has 1 aromatic heterocycles. The Hall–Kier alpha value is -0.260. The molecule has 0 fully saturated rings. The highest BCUT2D eigenvalue weighted by atomic mass is 35.5. The Morgan fingerprint density at radius 3 is 2.46 bits per heavy atom. The predicted octanol–water partition coefficient (Wildman–Crippen LogP) is 3.35. The second-order valence-electron chi connectivity index (χ2n) is 2.57. The topological polar surface area (TPSA) is 26.0 Å². The van der Waals surface area contributed by atoms with Crippen LogP contribution in [0, 0.1) is 0 Å². The molecule has 74 valence electrons. The van der Waals surface area contributed by atoms with Gasteiger partial charge in [0.25, 0.3) is 0 Å². The molecular formula is C7H7ClF3NS. The monoisotopic (exact) mass is 229 g/mol. The van der Waals surface area contributed by atoms with Crippen molar-refractivity contribution in [3.05, 3.63) is 21.3 Å². The highest BCUT2D eigenvalue weighted by Crippen LogP contribution is 2.32. The highest BCUT2D eigenvalue weighted by Gasteiger charge is 2.31. The lowest BCUT2D eigenvalue weighted by molar-refractivity contribution is -0.138. The second kappa shape index (κ2) is 3.86. The van der Waals surface area contributed by atoms with Crippen LogP contribution in [0.3, 0.4) is 0 Å². The fourth-order valence-corrected chi connectivity index (χ4v) is 1.94. The average Bonchev–Trinajstić information content (AvgIpc) is 2.31. The van der Waals surface area contributed by atoms with Crippen molar-refractivity contribution in [2.24, 2.45) is 5.73 Å². The van der Waals surface area contributed by atoms with Gasteiger partial charge in [-0.05, 0) is 12.1 Å². The van der Waals surface area contributed by atoms with Gasteiger partial charge in [0, 0.05) is 10.9 Å². The molecule has 2 N–H and O–H groups in total. The summed E-state index contributed by atoms with van der Waals surface area (Å²) in [6.45, 7) is 0. The van der Waals surface area contributed by atoms with E-state index in [1.165, 1.54) is 12.1 Å². The molecule has 0 aliphatic rings. The average molecular weight is 230 g/mol. The van der Waals surface area contributed by atoms with Crippen LogP contribution in [-0.4, -0.2) is 6.18 Å². The van der Waals surface area contributed by atoms with Gasteiger partial charge in [0.15, 0.2) is 0 Å². The lowest BCUT2D eigenvalue weighted by Gasteiger charge is -2.11. The molecule has 0 aromatic carbocycles. The Morgan fingerprint density at radius 1 is 1.46 bits per heavy atom. The van der Waals surface area contributed by atoms with Crippen LogP contribution in [0.15, 0.2) is 12.1 Å². The van der Waals surface area contributed by atoms with Gasteiger partial charge in [0.2, 0.25) is 0 Å². The van der Waals surface area contributed by atoms with E-state index in [4.69, 9.17) is 17.3 Å². The molecular weight excluding hydrogens is 223 g/mol. The molecule has 0 amide bonds. The Morgan fingerprint density at radius 2 is 2.08 bits per heavy atom. The van der Waals surface area contributed by atoms with E-state index in [-0.39, 0.29) is 0 Å². The third-order valence-corrected chi connectivity index (χ3v) is 2.77. The molecule has 13 heavy (non-hydrogen) atoms. The van der Waals surface area contributed by atoms with Crippen LogP contribution >= 0.6 is 22.9 Å². The van der Waals surface area contributed by atoms with E-state index in [9.17, 15) is 13.2 Å². The third kappa shape index (κ3) is 3.54. The minimum atomic E-state index is -4.23. The van der Waals surface area contributed by atoms with Crippen molar-refractivity contribution in [1.82, 2.24) is 0 Å². The van der Waals surface area contributed by atoms with Crippen LogP contribution in [0.4, 0.5) is 13.2 Å². The van der Waals surface area contributed by atoms with Gasteiger partial charge in [0.1, 0.15) is 0 Å². The molecule has 0 spiro atoms. The molecule has 1 heterocycles. The number of hydrogen-bond donors (Lipinski definition) is 1. The van der Waals surface area contributed by atoms with Crippen molar-refractivity contribution in [2.45, 2.75) is 18.6 Å². The van der Waals surface area contributed by atoms with Crippen molar-refractivity contribution in [2.75, 3.05) is 0 Å². The van der Waals surface area contributed by atoms with Crippen LogP contribution < -0.4 is 5.73 Å². The van der Waals surface area contributed by atoms with E-state index in [0.717, 1.165) is 11.3 Å². The largest absolute Gasteiger partial charge is 0.390 e. The summed E-state index contributed by atoms with van der Waals surface area (Å²) in [5, 5.41) is 0. The van der Waals surface area contributed by atoms with Gasteiger partial charge in [-0.3, -0.25) is 0 Å². The van der Waals surface area contributed by atoms with E-state index in [0.29, 0.717) is 9.21 Å². The number of halogens is 4. The predicted molar refractivity (Wildman–Crippen MR) is 46.9 cm³/mol. The maximum atomic E-state index is 11.9. The van der Waals surface area contributed by atoms with Gasteiger partial charge < -0.3 is 5.73 Å². The summed E-state index contributed by atoms with van der Waals surface area (Å²) in [5.74, 6) is 0. The Bertz CT molecular complexity index is 284. The molecule has 0 saturated carbocycles. The van der Waals surface area contributed by atoms with Gasteiger partial charge in [-0.25, -0.2) is 0 Å². The van der Waals surface area contributed by atoms with Crippen LogP contribution in [0.2, 0.25) is 4.34 Å². The van der Waals surface area contributed by atoms with Crippen LogP contribution in [0.1, 0.15) is 17.3 Å². The number of nitrogens with two attached hydrogens (primary N) is 1. The minimum absolute atomic E-state index is 0.452. The summed E-state index contributed by atoms with van der Waals surface area (Å²) in [6.07, 6.45) is -5.24. The first-order chi connectivity index (χ1) is 5.88. The van der Waals surface area contributed by atoms with Gasteiger partial charge in [-0.15, -0.1) is 11.3 Å². The second-order valence-corrected chi connectivity index (χ2v) is 4.31. The van der Waals surface area contributed by atoms with Crippen molar-refractivity contribution in [3.8, 4) is 0 Å². The lowest BCUT2D eigenvalue weighted by Crippen LogP contribution is -2.19. The van der Waals surface area contributed by atoms with Crippen LogP contribution in [0.5, 0.6) is 0 Å². The molecule has 0 bridgehead atoms. The molecule has 0 aliphatic carbocycles. The fourth-order valence-electron chi connectivity index (χ4n) is 0.878. The summed E-state index contributed by atoms with van der Waals surface area (Å²) in [5.41, 5.74) is 5.33. The van der Waals surface area contributed by atoms with E-state index < -0.39 is 18.6 Å². The Labute approximate surface area is 82.3 Å². The van der Waals surface area contributed by atoms with Crippen molar-refractivity contribution in [3.63, 3.8) is 0 Å². The molecule has 1 nitrogen and oxygen atoms in total. The molecule has 1 rings (SSSR count). The summed E-state index contributed by atoms with van der Waals surface area (Å²) >= 11 is 6.63. The Kier molecular flexibility index (Phi) is 3.21. The Balaban J connectivity index is 2.64. The molecule has 0 unspecified atom stereocenters. The van der Waals surface area contributed by atoms with Crippen LogP contribution in [-0.2, 0) is 0 Å². The standard InChI is InChI=1S/C7H7ClF3NS/c8-6-2-1-5(13-6)4(12)3-7(9,10)11/h1-2,4H,3,12H2/t4-/m0/s1. The molecule has 0 aliphatic heterocycles. The maximum absolute atomic E-state index is 11.9. The van der Waals surface area contributed by atoms with Gasteiger partial charge in [0.05, 0.1) is 10.8 Å². The molecule has 6 heteroatoms. The van der Waals surface area contributed by atoms with Crippen molar-refractivity contribution < 1.29 is 13.2 Å². The minimum Gasteiger partial charge on any atom is -0.323 e. The van der Waals surface area contributed by atoms with Crippen LogP contribution in [0.25, 0.3) is 0 Å². The molecule has 0 radical (unpaired) electrons. The molecule has 0 saturated heterocycles. The first-order valence-corrected chi connectivity index (χ1v) is 4.65. The van der Waals surface area contributed by atoms with Gasteiger partial charge >= 0.3 is 6.18 Å². The summed E-state index contributed by atoms with van der Waals surface area (Å²) in [4.78, 5) is 0.460. The zero-order chi connectivity index (χ0) is 10.1. The van der Waals surface area contributed by atoms with Crippen molar-refractivity contribution >= 4 is 22.9 Å². The van der Waals surface area contributed by atoms with E-state index in [1.807, 2.05) is 0 Å². The van der Waals surface area contributed by atoms with E-state index >= 15 is 0 Å². The van der Waals surface area contributed by atoms with Crippen molar-refractivity contribution in [1.29, 1.82) is 0 Å².